The molecule has 0 radical (unpaired) electrons. The summed E-state index contributed by atoms with van der Waals surface area (Å²) in [6, 6.07) is 11.8. The third kappa shape index (κ3) is 4.05. The largest absolute Gasteiger partial charge is 0.307 e. The smallest absolute Gasteiger partial charge is 0.0294 e. The third-order valence-corrected chi connectivity index (χ3v) is 4.51. The number of hydrogen-bond donors (Lipinski definition) is 1. The van der Waals surface area contributed by atoms with Crippen LogP contribution in [0.25, 0.3) is 0 Å². The molecule has 2 nitrogen and oxygen atoms in total. The van der Waals surface area contributed by atoms with Gasteiger partial charge in [0.1, 0.15) is 0 Å². The maximum Gasteiger partial charge on any atom is 0.0294 e. The molecule has 1 aromatic rings. The van der Waals surface area contributed by atoms with E-state index in [4.69, 9.17) is 0 Å². The molecule has 2 heteroatoms. The highest BCUT2D eigenvalue weighted by molar-refractivity contribution is 5.18. The minimum absolute atomic E-state index is 0.438. The van der Waals surface area contributed by atoms with Crippen LogP contribution in [0.4, 0.5) is 0 Å². The number of hydrogen-bond acceptors (Lipinski definition) is 2. The number of nitrogens with zero attached hydrogens (tertiary/aromatic N) is 1. The topological polar surface area (TPSA) is 15.3 Å². The Morgan fingerprint density at radius 2 is 2.00 bits per heavy atom. The van der Waals surface area contributed by atoms with E-state index in [1.165, 1.54) is 38.0 Å². The van der Waals surface area contributed by atoms with Crippen molar-refractivity contribution >= 4 is 0 Å². The molecule has 0 amide bonds. The highest BCUT2D eigenvalue weighted by atomic mass is 15.1. The quantitative estimate of drug-likeness (QED) is 0.872. The number of nitrogens with one attached hydrogen (secondary N) is 1. The van der Waals surface area contributed by atoms with Crippen molar-refractivity contribution in [2.75, 3.05) is 19.6 Å². The minimum Gasteiger partial charge on any atom is -0.307 e. The number of rotatable bonds is 5. The molecular formula is C17H28N2. The molecule has 2 rings (SSSR count). The Balaban J connectivity index is 1.88. The fourth-order valence-electron chi connectivity index (χ4n) is 3.15. The molecule has 19 heavy (non-hydrogen) atoms. The van der Waals surface area contributed by atoms with Gasteiger partial charge in [-0.1, -0.05) is 37.3 Å². The van der Waals surface area contributed by atoms with Gasteiger partial charge < -0.3 is 10.2 Å². The second kappa shape index (κ2) is 7.06. The Morgan fingerprint density at radius 1 is 1.26 bits per heavy atom. The molecule has 0 aromatic heterocycles. The zero-order valence-electron chi connectivity index (χ0n) is 12.6. The lowest BCUT2D eigenvalue weighted by Crippen LogP contribution is -2.44. The summed E-state index contributed by atoms with van der Waals surface area (Å²) >= 11 is 0. The summed E-state index contributed by atoms with van der Waals surface area (Å²) in [6.45, 7) is 10.6. The molecule has 1 saturated heterocycles. The van der Waals surface area contributed by atoms with Crippen molar-refractivity contribution in [2.45, 2.75) is 45.7 Å². The molecule has 0 saturated carbocycles. The van der Waals surface area contributed by atoms with E-state index in [1.807, 2.05) is 0 Å². The molecule has 1 N–H and O–H groups in total. The van der Waals surface area contributed by atoms with Crippen LogP contribution in [-0.4, -0.2) is 30.6 Å². The van der Waals surface area contributed by atoms with Gasteiger partial charge in [0.15, 0.2) is 0 Å². The van der Waals surface area contributed by atoms with Gasteiger partial charge in [0.25, 0.3) is 0 Å². The van der Waals surface area contributed by atoms with Gasteiger partial charge in [-0.2, -0.15) is 0 Å². The van der Waals surface area contributed by atoms with Gasteiger partial charge in [-0.25, -0.2) is 0 Å². The fourth-order valence-corrected chi connectivity index (χ4v) is 3.15. The van der Waals surface area contributed by atoms with Crippen LogP contribution < -0.4 is 5.32 Å². The monoisotopic (exact) mass is 260 g/mol. The molecule has 1 aromatic carbocycles. The zero-order chi connectivity index (χ0) is 13.7. The predicted molar refractivity (Wildman–Crippen MR) is 82.3 cm³/mol. The lowest BCUT2D eigenvalue weighted by Gasteiger charge is -2.36. The van der Waals surface area contributed by atoms with Gasteiger partial charge in [-0.05, 0) is 51.3 Å². The van der Waals surface area contributed by atoms with Crippen molar-refractivity contribution in [1.29, 1.82) is 0 Å². The molecule has 0 aliphatic carbocycles. The summed E-state index contributed by atoms with van der Waals surface area (Å²) < 4.78 is 0. The fraction of sp³-hybridized carbons (Fsp3) is 0.647. The lowest BCUT2D eigenvalue weighted by atomic mass is 9.90. The Labute approximate surface area is 118 Å². The van der Waals surface area contributed by atoms with Crippen LogP contribution in [0.15, 0.2) is 30.3 Å². The molecule has 1 fully saturated rings. The van der Waals surface area contributed by atoms with Crippen LogP contribution in [0.1, 0.15) is 45.2 Å². The van der Waals surface area contributed by atoms with Gasteiger partial charge in [-0.3, -0.25) is 0 Å². The van der Waals surface area contributed by atoms with E-state index in [0.717, 1.165) is 5.92 Å². The molecule has 106 valence electrons. The molecule has 3 atom stereocenters. The second-order valence-corrected chi connectivity index (χ2v) is 5.88. The zero-order valence-corrected chi connectivity index (χ0v) is 12.6. The summed E-state index contributed by atoms with van der Waals surface area (Å²) in [5, 5.41) is 3.78. The van der Waals surface area contributed by atoms with Crippen LogP contribution in [-0.2, 0) is 0 Å². The van der Waals surface area contributed by atoms with E-state index in [-0.39, 0.29) is 0 Å². The van der Waals surface area contributed by atoms with Crippen molar-refractivity contribution in [2.24, 2.45) is 5.92 Å². The maximum absolute atomic E-state index is 3.78. The Hall–Kier alpha value is -0.860. The molecular weight excluding hydrogens is 232 g/mol. The van der Waals surface area contributed by atoms with Crippen LogP contribution in [0, 0.1) is 5.92 Å². The van der Waals surface area contributed by atoms with Gasteiger partial charge in [-0.15, -0.1) is 0 Å². The normalized spacial score (nSPS) is 24.1. The average Bonchev–Trinajstić information content (AvgIpc) is 2.48. The van der Waals surface area contributed by atoms with E-state index >= 15 is 0 Å². The van der Waals surface area contributed by atoms with Crippen LogP contribution in [0.5, 0.6) is 0 Å². The summed E-state index contributed by atoms with van der Waals surface area (Å²) in [6.07, 6.45) is 2.72. The first-order valence-corrected chi connectivity index (χ1v) is 7.74. The summed E-state index contributed by atoms with van der Waals surface area (Å²) in [7, 11) is 0. The SMILES string of the molecule is CCN1CCCC(C(C)N[C@@H](C)c2ccccc2)C1. The number of piperidine rings is 1. The van der Waals surface area contributed by atoms with Crippen LogP contribution in [0.2, 0.25) is 0 Å². The van der Waals surface area contributed by atoms with Gasteiger partial charge in [0.2, 0.25) is 0 Å². The Morgan fingerprint density at radius 3 is 2.68 bits per heavy atom. The Kier molecular flexibility index (Phi) is 5.41. The first-order valence-electron chi connectivity index (χ1n) is 7.74. The minimum atomic E-state index is 0.438. The third-order valence-electron chi connectivity index (χ3n) is 4.51. The van der Waals surface area contributed by atoms with E-state index in [0.29, 0.717) is 12.1 Å². The van der Waals surface area contributed by atoms with Crippen LogP contribution >= 0.6 is 0 Å². The van der Waals surface area contributed by atoms with E-state index in [2.05, 4.69) is 61.3 Å². The van der Waals surface area contributed by atoms with Gasteiger partial charge >= 0.3 is 0 Å². The highest BCUT2D eigenvalue weighted by Gasteiger charge is 2.24. The standard InChI is InChI=1S/C17H28N2/c1-4-19-12-8-11-17(13-19)15(3)18-14(2)16-9-6-5-7-10-16/h5-7,9-10,14-15,17-18H,4,8,11-13H2,1-3H3/t14-,15?,17?/m0/s1. The number of likely N-dealkylation sites (tertiary alicyclic amines) is 1. The summed E-state index contributed by atoms with van der Waals surface area (Å²) in [5.41, 5.74) is 1.39. The van der Waals surface area contributed by atoms with Crippen molar-refractivity contribution in [3.8, 4) is 0 Å². The average molecular weight is 260 g/mol. The number of benzene rings is 1. The van der Waals surface area contributed by atoms with E-state index in [1.54, 1.807) is 0 Å². The van der Waals surface area contributed by atoms with Crippen molar-refractivity contribution < 1.29 is 0 Å². The molecule has 0 spiro atoms. The van der Waals surface area contributed by atoms with Crippen LogP contribution in [0.3, 0.4) is 0 Å². The molecule has 2 unspecified atom stereocenters. The molecule has 1 aliphatic rings. The maximum atomic E-state index is 3.78. The lowest BCUT2D eigenvalue weighted by molar-refractivity contribution is 0.153. The first-order chi connectivity index (χ1) is 9.20. The van der Waals surface area contributed by atoms with E-state index < -0.39 is 0 Å². The summed E-state index contributed by atoms with van der Waals surface area (Å²) in [4.78, 5) is 2.58. The highest BCUT2D eigenvalue weighted by Crippen LogP contribution is 2.22. The molecule has 1 aliphatic heterocycles. The van der Waals surface area contributed by atoms with Crippen molar-refractivity contribution in [3.63, 3.8) is 0 Å². The Bertz CT molecular complexity index is 363. The van der Waals surface area contributed by atoms with E-state index in [9.17, 15) is 0 Å². The molecule has 0 bridgehead atoms. The van der Waals surface area contributed by atoms with Crippen molar-refractivity contribution in [3.05, 3.63) is 35.9 Å². The van der Waals surface area contributed by atoms with Gasteiger partial charge in [0, 0.05) is 18.6 Å². The predicted octanol–water partition coefficient (Wildman–Crippen LogP) is 3.46. The summed E-state index contributed by atoms with van der Waals surface area (Å²) in [5.74, 6) is 0.792. The van der Waals surface area contributed by atoms with Crippen molar-refractivity contribution in [1.82, 2.24) is 10.2 Å². The van der Waals surface area contributed by atoms with Gasteiger partial charge in [0.05, 0.1) is 0 Å². The first kappa shape index (κ1) is 14.5. The molecule has 1 heterocycles. The second-order valence-electron chi connectivity index (χ2n) is 5.88.